The first kappa shape index (κ1) is 26.0. The molecule has 0 unspecified atom stereocenters. The Balaban J connectivity index is 2.12. The molecule has 1 N–H and O–H groups in total. The summed E-state index contributed by atoms with van der Waals surface area (Å²) in [7, 11) is 0. The summed E-state index contributed by atoms with van der Waals surface area (Å²) in [5.41, 5.74) is 1.45. The van der Waals surface area contributed by atoms with Crippen LogP contribution in [0, 0.1) is 10.1 Å². The number of rotatable bonds is 10. The van der Waals surface area contributed by atoms with Gasteiger partial charge in [-0.3, -0.25) is 19.7 Å². The number of hydrogen-bond donors (Lipinski definition) is 1. The fourth-order valence-corrected chi connectivity index (χ4v) is 4.28. The molecule has 0 saturated heterocycles. The van der Waals surface area contributed by atoms with E-state index in [1.807, 2.05) is 13.8 Å². The summed E-state index contributed by atoms with van der Waals surface area (Å²) < 4.78 is 0. The van der Waals surface area contributed by atoms with E-state index in [0.29, 0.717) is 21.4 Å². The number of benzene rings is 2. The predicted octanol–water partition coefficient (Wildman–Crippen LogP) is 5.08. The van der Waals surface area contributed by atoms with Crippen molar-refractivity contribution < 1.29 is 14.5 Å². The summed E-state index contributed by atoms with van der Waals surface area (Å²) in [6.45, 7) is 5.47. The Hall–Kier alpha value is -2.29. The van der Waals surface area contributed by atoms with Crippen LogP contribution in [-0.2, 0) is 21.9 Å². The average Bonchev–Trinajstić information content (AvgIpc) is 2.73. The maximum absolute atomic E-state index is 13.1. The second-order valence-corrected chi connectivity index (χ2v) is 9.28. The van der Waals surface area contributed by atoms with Gasteiger partial charge in [-0.2, -0.15) is 0 Å². The van der Waals surface area contributed by atoms with Gasteiger partial charge in [-0.1, -0.05) is 41.4 Å². The molecule has 7 nitrogen and oxygen atoms in total. The monoisotopic (exact) mass is 497 g/mol. The summed E-state index contributed by atoms with van der Waals surface area (Å²) in [5, 5.41) is 14.4. The van der Waals surface area contributed by atoms with Gasteiger partial charge in [0.15, 0.2) is 0 Å². The topological polar surface area (TPSA) is 92.6 Å². The van der Waals surface area contributed by atoms with E-state index in [0.717, 1.165) is 5.56 Å². The fraction of sp³-hybridized carbons (Fsp3) is 0.364. The largest absolute Gasteiger partial charge is 0.352 e. The predicted molar refractivity (Wildman–Crippen MR) is 129 cm³/mol. The van der Waals surface area contributed by atoms with Crippen molar-refractivity contribution in [3.63, 3.8) is 0 Å². The molecule has 0 aliphatic rings. The van der Waals surface area contributed by atoms with Crippen molar-refractivity contribution in [3.8, 4) is 0 Å². The van der Waals surface area contributed by atoms with Gasteiger partial charge in [-0.05, 0) is 38.5 Å². The Morgan fingerprint density at radius 1 is 1.09 bits per heavy atom. The molecule has 0 aliphatic carbocycles. The van der Waals surface area contributed by atoms with E-state index >= 15 is 0 Å². The summed E-state index contributed by atoms with van der Waals surface area (Å²) >= 11 is 13.9. The van der Waals surface area contributed by atoms with Gasteiger partial charge in [-0.15, -0.1) is 11.8 Å². The van der Waals surface area contributed by atoms with Gasteiger partial charge in [0.2, 0.25) is 11.8 Å². The highest BCUT2D eigenvalue weighted by Crippen LogP contribution is 2.27. The molecule has 0 saturated carbocycles. The number of carbonyl (C=O) groups is 2. The lowest BCUT2D eigenvalue weighted by Crippen LogP contribution is -2.49. The van der Waals surface area contributed by atoms with E-state index in [-0.39, 0.29) is 35.8 Å². The maximum Gasteiger partial charge on any atom is 0.269 e. The maximum atomic E-state index is 13.1. The molecular formula is C22H25Cl2N3O4S. The van der Waals surface area contributed by atoms with Crippen molar-refractivity contribution in [1.82, 2.24) is 10.2 Å². The zero-order valence-electron chi connectivity index (χ0n) is 18.0. The van der Waals surface area contributed by atoms with E-state index in [1.54, 1.807) is 37.3 Å². The van der Waals surface area contributed by atoms with Gasteiger partial charge in [0, 0.05) is 46.1 Å². The zero-order chi connectivity index (χ0) is 23.8. The number of halogens is 2. The second kappa shape index (κ2) is 12.1. The third kappa shape index (κ3) is 7.39. The Bertz CT molecular complexity index is 950. The van der Waals surface area contributed by atoms with E-state index in [4.69, 9.17) is 23.2 Å². The molecule has 172 valence electrons. The number of nitrogens with one attached hydrogen (secondary N) is 1. The number of hydrogen-bond acceptors (Lipinski definition) is 5. The number of nitro groups is 1. The van der Waals surface area contributed by atoms with Crippen LogP contribution in [0.5, 0.6) is 0 Å². The van der Waals surface area contributed by atoms with Gasteiger partial charge in [0.25, 0.3) is 5.69 Å². The Labute approximate surface area is 201 Å². The molecule has 0 heterocycles. The van der Waals surface area contributed by atoms with E-state index in [2.05, 4.69) is 5.32 Å². The highest BCUT2D eigenvalue weighted by Gasteiger charge is 2.27. The summed E-state index contributed by atoms with van der Waals surface area (Å²) in [5.74, 6) is 0.117. The van der Waals surface area contributed by atoms with Gasteiger partial charge < -0.3 is 10.2 Å². The van der Waals surface area contributed by atoms with Crippen LogP contribution in [0.2, 0.25) is 10.0 Å². The van der Waals surface area contributed by atoms with Crippen LogP contribution >= 0.6 is 35.0 Å². The number of amides is 2. The molecule has 0 radical (unpaired) electrons. The minimum absolute atomic E-state index is 0.0163. The van der Waals surface area contributed by atoms with Crippen molar-refractivity contribution in [1.29, 1.82) is 0 Å². The first-order chi connectivity index (χ1) is 15.1. The number of non-ortho nitro benzene ring substituents is 1. The molecule has 0 spiro atoms. The number of thioether (sulfide) groups is 1. The number of nitro benzene ring substituents is 1. The summed E-state index contributed by atoms with van der Waals surface area (Å²) in [4.78, 5) is 37.5. The fourth-order valence-electron chi connectivity index (χ4n) is 2.89. The normalized spacial score (nSPS) is 11.8. The SMILES string of the molecule is CC(C)NC(=O)[C@H](C)N(Cc1c(Cl)cccc1Cl)C(=O)CSCc1ccc([N+](=O)[O-])cc1. The first-order valence-corrected chi connectivity index (χ1v) is 11.8. The molecule has 2 aromatic carbocycles. The molecule has 0 aliphatic heterocycles. The Kier molecular flexibility index (Phi) is 9.81. The molecule has 1 atom stereocenters. The van der Waals surface area contributed by atoms with Crippen LogP contribution in [0.1, 0.15) is 31.9 Å². The lowest BCUT2D eigenvalue weighted by molar-refractivity contribution is -0.384. The highest BCUT2D eigenvalue weighted by molar-refractivity contribution is 7.99. The van der Waals surface area contributed by atoms with Crippen LogP contribution in [0.25, 0.3) is 0 Å². The number of nitrogens with zero attached hydrogens (tertiary/aromatic N) is 2. The van der Waals surface area contributed by atoms with Gasteiger partial charge in [-0.25, -0.2) is 0 Å². The number of carbonyl (C=O) groups excluding carboxylic acids is 2. The molecule has 10 heteroatoms. The van der Waals surface area contributed by atoms with E-state index < -0.39 is 11.0 Å². The average molecular weight is 498 g/mol. The van der Waals surface area contributed by atoms with Crippen molar-refractivity contribution in [3.05, 3.63) is 73.8 Å². The second-order valence-electron chi connectivity index (χ2n) is 7.48. The lowest BCUT2D eigenvalue weighted by Gasteiger charge is -2.30. The van der Waals surface area contributed by atoms with E-state index in [9.17, 15) is 19.7 Å². The van der Waals surface area contributed by atoms with Crippen LogP contribution in [0.15, 0.2) is 42.5 Å². The van der Waals surface area contributed by atoms with Gasteiger partial charge in [0.05, 0.1) is 10.7 Å². The smallest absolute Gasteiger partial charge is 0.269 e. The molecule has 32 heavy (non-hydrogen) atoms. The third-order valence-electron chi connectivity index (χ3n) is 4.63. The van der Waals surface area contributed by atoms with Crippen molar-refractivity contribution in [2.75, 3.05) is 5.75 Å². The molecule has 0 fully saturated rings. The van der Waals surface area contributed by atoms with Gasteiger partial charge >= 0.3 is 0 Å². The van der Waals surface area contributed by atoms with Crippen molar-refractivity contribution in [2.45, 2.75) is 45.2 Å². The van der Waals surface area contributed by atoms with Crippen LogP contribution in [0.3, 0.4) is 0 Å². The standard InChI is InChI=1S/C22H25Cl2N3O4S/c1-14(2)25-22(29)15(3)26(11-18-19(23)5-4-6-20(18)24)21(28)13-32-12-16-7-9-17(10-8-16)27(30)31/h4-10,14-15H,11-13H2,1-3H3,(H,25,29)/t15-/m0/s1. The molecule has 2 aromatic rings. The lowest BCUT2D eigenvalue weighted by atomic mass is 10.1. The minimum Gasteiger partial charge on any atom is -0.352 e. The van der Waals surface area contributed by atoms with Crippen molar-refractivity contribution in [2.24, 2.45) is 0 Å². The zero-order valence-corrected chi connectivity index (χ0v) is 20.3. The Morgan fingerprint density at radius 2 is 1.69 bits per heavy atom. The molecule has 0 bridgehead atoms. The molecule has 0 aromatic heterocycles. The quantitative estimate of drug-likeness (QED) is 0.365. The first-order valence-electron chi connectivity index (χ1n) is 9.94. The molecular weight excluding hydrogens is 473 g/mol. The summed E-state index contributed by atoms with van der Waals surface area (Å²) in [6.07, 6.45) is 0. The van der Waals surface area contributed by atoms with Crippen LogP contribution < -0.4 is 5.32 Å². The minimum atomic E-state index is -0.725. The van der Waals surface area contributed by atoms with E-state index in [1.165, 1.54) is 28.8 Å². The van der Waals surface area contributed by atoms with Gasteiger partial charge in [0.1, 0.15) is 6.04 Å². The third-order valence-corrected chi connectivity index (χ3v) is 6.33. The Morgan fingerprint density at radius 3 is 2.22 bits per heavy atom. The van der Waals surface area contributed by atoms with Crippen molar-refractivity contribution >= 4 is 52.5 Å². The summed E-state index contributed by atoms with van der Waals surface area (Å²) in [6, 6.07) is 10.5. The molecule has 2 amide bonds. The van der Waals surface area contributed by atoms with Crippen LogP contribution in [-0.4, -0.2) is 39.5 Å². The van der Waals surface area contributed by atoms with Crippen LogP contribution in [0.4, 0.5) is 5.69 Å². The molecule has 2 rings (SSSR count). The highest BCUT2D eigenvalue weighted by atomic mass is 35.5.